The van der Waals surface area contributed by atoms with Crippen molar-refractivity contribution in [1.29, 1.82) is 0 Å². The molecule has 0 aliphatic rings. The molecule has 3 N–H and O–H groups in total. The maximum Gasteiger partial charge on any atom is 0.340 e. The van der Waals surface area contributed by atoms with Crippen molar-refractivity contribution in [3.8, 4) is 0 Å². The van der Waals surface area contributed by atoms with E-state index in [1.54, 1.807) is 35.8 Å². The van der Waals surface area contributed by atoms with Crippen molar-refractivity contribution in [3.05, 3.63) is 77.1 Å². The van der Waals surface area contributed by atoms with Crippen LogP contribution in [0.5, 0.6) is 0 Å². The molecule has 0 aliphatic carbocycles. The average Bonchev–Trinajstić information content (AvgIpc) is 3.24. The zero-order chi connectivity index (χ0) is 25.2. The number of aliphatic hydroxyl groups is 1. The first-order chi connectivity index (χ1) is 16.9. The van der Waals surface area contributed by atoms with Crippen LogP contribution in [-0.4, -0.2) is 44.8 Å². The number of carbonyl (C=O) groups excluding carboxylic acids is 3. The Morgan fingerprint density at radius 1 is 1.09 bits per heavy atom. The van der Waals surface area contributed by atoms with E-state index in [-0.39, 0.29) is 42.9 Å². The van der Waals surface area contributed by atoms with Gasteiger partial charge in [-0.15, -0.1) is 0 Å². The number of esters is 1. The fourth-order valence-electron chi connectivity index (χ4n) is 3.20. The number of ether oxygens (including phenoxy) is 1. The van der Waals surface area contributed by atoms with E-state index in [2.05, 4.69) is 15.6 Å². The molecule has 0 fully saturated rings. The number of amides is 2. The minimum atomic E-state index is -0.518. The van der Waals surface area contributed by atoms with Crippen LogP contribution in [0.1, 0.15) is 34.1 Å². The van der Waals surface area contributed by atoms with E-state index in [4.69, 9.17) is 4.74 Å². The van der Waals surface area contributed by atoms with Crippen molar-refractivity contribution in [1.82, 2.24) is 14.9 Å². The number of hydrogen-bond donors (Lipinski definition) is 3. The molecule has 9 nitrogen and oxygen atoms in total. The second-order valence-electron chi connectivity index (χ2n) is 7.64. The maximum atomic E-state index is 12.6. The van der Waals surface area contributed by atoms with Crippen LogP contribution in [0.2, 0.25) is 0 Å². The Bertz CT molecular complexity index is 1180. The summed E-state index contributed by atoms with van der Waals surface area (Å²) < 4.78 is 6.61. The van der Waals surface area contributed by atoms with Crippen LogP contribution >= 0.6 is 11.8 Å². The number of imidazole rings is 1. The highest BCUT2D eigenvalue weighted by molar-refractivity contribution is 7.99. The third-order valence-electron chi connectivity index (χ3n) is 5.00. The monoisotopic (exact) mass is 496 g/mol. The van der Waals surface area contributed by atoms with Gasteiger partial charge in [-0.25, -0.2) is 9.78 Å². The van der Waals surface area contributed by atoms with Crippen molar-refractivity contribution in [2.75, 3.05) is 17.7 Å². The fraction of sp³-hybridized carbons (Fsp3) is 0.280. The molecule has 3 rings (SSSR count). The second-order valence-corrected chi connectivity index (χ2v) is 8.58. The minimum Gasteiger partial charge on any atom is -0.462 e. The molecule has 0 saturated heterocycles. The number of para-hydroxylation sites is 1. The van der Waals surface area contributed by atoms with Crippen molar-refractivity contribution >= 4 is 35.2 Å². The Hall–Kier alpha value is -3.63. The van der Waals surface area contributed by atoms with Gasteiger partial charge in [0.05, 0.1) is 42.1 Å². The van der Waals surface area contributed by atoms with E-state index in [1.807, 2.05) is 31.2 Å². The summed E-state index contributed by atoms with van der Waals surface area (Å²) in [4.78, 5) is 41.5. The van der Waals surface area contributed by atoms with Crippen LogP contribution < -0.4 is 10.6 Å². The number of nitrogens with zero attached hydrogens (tertiary/aromatic N) is 2. The van der Waals surface area contributed by atoms with Crippen LogP contribution in [-0.2, 0) is 34.0 Å². The largest absolute Gasteiger partial charge is 0.462 e. The molecule has 3 aromatic rings. The number of thioether (sulfide) groups is 1. The third kappa shape index (κ3) is 7.43. The van der Waals surface area contributed by atoms with Gasteiger partial charge in [0.15, 0.2) is 5.16 Å². The number of nitrogens with one attached hydrogen (secondary N) is 2. The Morgan fingerprint density at radius 3 is 2.54 bits per heavy atom. The predicted octanol–water partition coefficient (Wildman–Crippen LogP) is 2.91. The van der Waals surface area contributed by atoms with E-state index in [9.17, 15) is 19.5 Å². The predicted molar refractivity (Wildman–Crippen MR) is 133 cm³/mol. The van der Waals surface area contributed by atoms with Crippen molar-refractivity contribution in [3.63, 3.8) is 0 Å². The molecule has 35 heavy (non-hydrogen) atoms. The van der Waals surface area contributed by atoms with Crippen molar-refractivity contribution < 1.29 is 24.2 Å². The zero-order valence-corrected chi connectivity index (χ0v) is 20.4. The lowest BCUT2D eigenvalue weighted by molar-refractivity contribution is -0.122. The zero-order valence-electron chi connectivity index (χ0n) is 19.6. The van der Waals surface area contributed by atoms with Gasteiger partial charge in [-0.05, 0) is 31.5 Å². The molecule has 0 bridgehead atoms. The van der Waals surface area contributed by atoms with Crippen LogP contribution in [0.4, 0.5) is 5.69 Å². The highest BCUT2D eigenvalue weighted by Gasteiger charge is 2.17. The molecule has 0 radical (unpaired) electrons. The molecule has 184 valence electrons. The smallest absolute Gasteiger partial charge is 0.340 e. The van der Waals surface area contributed by atoms with Gasteiger partial charge in [0.2, 0.25) is 11.8 Å². The standard InChI is InChI=1S/C25H28N4O5S/c1-3-34-24(33)20-6-4-5-7-21(20)28-23(32)16-35-25-27-13-19(15-30)29(25)14-22(31)26-12-18-10-8-17(2)9-11-18/h4-11,13,30H,3,12,14-16H2,1-2H3,(H,26,31)(H,28,32). The van der Waals surface area contributed by atoms with Gasteiger partial charge in [0, 0.05) is 6.54 Å². The number of rotatable bonds is 11. The summed E-state index contributed by atoms with van der Waals surface area (Å²) in [5, 5.41) is 15.7. The molecular weight excluding hydrogens is 468 g/mol. The number of aryl methyl sites for hydroxylation is 1. The molecule has 0 atom stereocenters. The Labute approximate surface area is 207 Å². The molecule has 1 aromatic heterocycles. The lowest BCUT2D eigenvalue weighted by Gasteiger charge is -2.12. The van der Waals surface area contributed by atoms with Crippen LogP contribution in [0.25, 0.3) is 0 Å². The van der Waals surface area contributed by atoms with Gasteiger partial charge in [0.25, 0.3) is 0 Å². The van der Waals surface area contributed by atoms with Crippen LogP contribution in [0.3, 0.4) is 0 Å². The summed E-state index contributed by atoms with van der Waals surface area (Å²) in [5.74, 6) is -1.12. The topological polar surface area (TPSA) is 123 Å². The number of carbonyl (C=O) groups is 3. The van der Waals surface area contributed by atoms with E-state index in [1.165, 1.54) is 6.20 Å². The molecular formula is C25H28N4O5S. The van der Waals surface area contributed by atoms with Gasteiger partial charge in [-0.1, -0.05) is 53.7 Å². The first kappa shape index (κ1) is 26.0. The normalized spacial score (nSPS) is 10.6. The Kier molecular flexibility index (Phi) is 9.45. The molecule has 2 amide bonds. The molecule has 10 heteroatoms. The Morgan fingerprint density at radius 2 is 1.83 bits per heavy atom. The average molecular weight is 497 g/mol. The second kappa shape index (κ2) is 12.7. The van der Waals surface area contributed by atoms with Crippen molar-refractivity contribution in [2.45, 2.75) is 38.7 Å². The van der Waals surface area contributed by atoms with E-state index in [0.717, 1.165) is 22.9 Å². The first-order valence-electron chi connectivity index (χ1n) is 11.1. The van der Waals surface area contributed by atoms with Crippen LogP contribution in [0.15, 0.2) is 59.9 Å². The summed E-state index contributed by atoms with van der Waals surface area (Å²) in [7, 11) is 0. The number of aliphatic hydroxyl groups excluding tert-OH is 1. The van der Waals surface area contributed by atoms with Gasteiger partial charge < -0.3 is 25.0 Å². The molecule has 0 spiro atoms. The number of aromatic nitrogens is 2. The van der Waals surface area contributed by atoms with Gasteiger partial charge in [-0.3, -0.25) is 9.59 Å². The highest BCUT2D eigenvalue weighted by Crippen LogP contribution is 2.21. The molecule has 2 aromatic carbocycles. The van der Waals surface area contributed by atoms with E-state index >= 15 is 0 Å². The maximum absolute atomic E-state index is 12.6. The van der Waals surface area contributed by atoms with Crippen molar-refractivity contribution in [2.24, 2.45) is 0 Å². The third-order valence-corrected chi connectivity index (χ3v) is 5.99. The van der Waals surface area contributed by atoms with Gasteiger partial charge >= 0.3 is 5.97 Å². The summed E-state index contributed by atoms with van der Waals surface area (Å²) >= 11 is 1.13. The lowest BCUT2D eigenvalue weighted by Crippen LogP contribution is -2.28. The molecule has 0 aliphatic heterocycles. The van der Waals surface area contributed by atoms with Gasteiger partial charge in [0.1, 0.15) is 6.54 Å². The number of benzene rings is 2. The van der Waals surface area contributed by atoms with Crippen LogP contribution in [0, 0.1) is 6.92 Å². The summed E-state index contributed by atoms with van der Waals surface area (Å²) in [6.45, 7) is 3.98. The quantitative estimate of drug-likeness (QED) is 0.276. The van der Waals surface area contributed by atoms with E-state index in [0.29, 0.717) is 23.1 Å². The summed E-state index contributed by atoms with van der Waals surface area (Å²) in [6, 6.07) is 14.5. The van der Waals surface area contributed by atoms with Gasteiger partial charge in [-0.2, -0.15) is 0 Å². The summed E-state index contributed by atoms with van der Waals surface area (Å²) in [6.07, 6.45) is 1.48. The number of anilines is 1. The highest BCUT2D eigenvalue weighted by atomic mass is 32.2. The lowest BCUT2D eigenvalue weighted by atomic mass is 10.1. The summed E-state index contributed by atoms with van der Waals surface area (Å²) in [5.41, 5.74) is 3.20. The Balaban J connectivity index is 1.60. The molecule has 1 heterocycles. The molecule has 0 saturated carbocycles. The number of hydrogen-bond acceptors (Lipinski definition) is 7. The first-order valence-corrected chi connectivity index (χ1v) is 12.1. The fourth-order valence-corrected chi connectivity index (χ4v) is 4.00. The van der Waals surface area contributed by atoms with E-state index < -0.39 is 5.97 Å². The molecule has 0 unspecified atom stereocenters. The SMILES string of the molecule is CCOC(=O)c1ccccc1NC(=O)CSc1ncc(CO)n1CC(=O)NCc1ccc(C)cc1. The minimum absolute atomic E-state index is 0.00989.